The van der Waals surface area contributed by atoms with Gasteiger partial charge in [-0.1, -0.05) is 0 Å². The van der Waals surface area contributed by atoms with E-state index in [1.54, 1.807) is 0 Å². The molecule has 1 saturated carbocycles. The maximum Gasteiger partial charge on any atom is 0.410 e. The maximum atomic E-state index is 11.9. The molecule has 2 aliphatic heterocycles. The van der Waals surface area contributed by atoms with Crippen LogP contribution in [0.5, 0.6) is 0 Å². The summed E-state index contributed by atoms with van der Waals surface area (Å²) in [7, 11) is 0. The zero-order valence-electron chi connectivity index (χ0n) is 10.6. The fraction of sp³-hybridized carbons (Fsp3) is 0.917. The molecule has 4 atom stereocenters. The second kappa shape index (κ2) is 3.62. The van der Waals surface area contributed by atoms with Crippen molar-refractivity contribution in [2.24, 2.45) is 17.6 Å². The van der Waals surface area contributed by atoms with Gasteiger partial charge in [0.2, 0.25) is 0 Å². The van der Waals surface area contributed by atoms with E-state index in [2.05, 4.69) is 0 Å². The summed E-state index contributed by atoms with van der Waals surface area (Å²) >= 11 is 0. The number of carbonyl (C=O) groups is 1. The van der Waals surface area contributed by atoms with Crippen LogP contribution < -0.4 is 5.73 Å². The molecule has 3 aliphatic rings. The first-order valence-electron chi connectivity index (χ1n) is 6.05. The molecule has 2 heterocycles. The van der Waals surface area contributed by atoms with E-state index < -0.39 is 5.60 Å². The minimum absolute atomic E-state index is 0.177. The summed E-state index contributed by atoms with van der Waals surface area (Å²) in [5, 5.41) is 0. The molecule has 4 heteroatoms. The molecule has 4 nitrogen and oxygen atoms in total. The van der Waals surface area contributed by atoms with Gasteiger partial charge in [0.1, 0.15) is 5.60 Å². The van der Waals surface area contributed by atoms with E-state index in [4.69, 9.17) is 10.5 Å². The largest absolute Gasteiger partial charge is 0.444 e. The van der Waals surface area contributed by atoms with Gasteiger partial charge in [-0.05, 0) is 46.0 Å². The second-order valence-electron chi connectivity index (χ2n) is 6.13. The Morgan fingerprint density at radius 2 is 2.12 bits per heavy atom. The van der Waals surface area contributed by atoms with Gasteiger partial charge in [-0.3, -0.25) is 0 Å². The van der Waals surface area contributed by atoms with Gasteiger partial charge in [-0.2, -0.15) is 0 Å². The highest BCUT2D eigenvalue weighted by molar-refractivity contribution is 5.69. The van der Waals surface area contributed by atoms with Crippen molar-refractivity contribution < 1.29 is 9.53 Å². The normalized spacial score (nSPS) is 34.6. The number of carbonyl (C=O) groups excluding carboxylic acids is 1. The molecule has 0 aromatic heterocycles. The highest BCUT2D eigenvalue weighted by Crippen LogP contribution is 2.47. The van der Waals surface area contributed by atoms with Crippen LogP contribution in [0.4, 0.5) is 4.79 Å². The maximum absolute atomic E-state index is 11.9. The monoisotopic (exact) mass is 226 g/mol. The highest BCUT2D eigenvalue weighted by Gasteiger charge is 2.55. The van der Waals surface area contributed by atoms with Crippen molar-refractivity contribution in [3.05, 3.63) is 0 Å². The number of fused-ring (bicyclic) bond motifs is 1. The lowest BCUT2D eigenvalue weighted by molar-refractivity contribution is 0.0191. The Kier molecular flexibility index (Phi) is 2.65. The molecule has 0 aromatic rings. The van der Waals surface area contributed by atoms with E-state index in [1.165, 1.54) is 0 Å². The van der Waals surface area contributed by atoms with Crippen LogP contribution in [0.2, 0.25) is 0 Å². The van der Waals surface area contributed by atoms with E-state index in [1.807, 2.05) is 32.6 Å². The lowest BCUT2D eigenvalue weighted by Gasteiger charge is -2.39. The summed E-state index contributed by atoms with van der Waals surface area (Å²) in [6.45, 7) is 8.55. The second-order valence-corrected chi connectivity index (χ2v) is 6.13. The summed E-state index contributed by atoms with van der Waals surface area (Å²) < 4.78 is 5.39. The Balaban J connectivity index is 1.96. The van der Waals surface area contributed by atoms with E-state index >= 15 is 0 Å². The smallest absolute Gasteiger partial charge is 0.410 e. The predicted octanol–water partition coefficient (Wildman–Crippen LogP) is 1.59. The first-order valence-corrected chi connectivity index (χ1v) is 6.05. The van der Waals surface area contributed by atoms with Gasteiger partial charge in [-0.15, -0.1) is 0 Å². The first kappa shape index (κ1) is 11.7. The van der Waals surface area contributed by atoms with E-state index in [0.717, 1.165) is 13.0 Å². The number of ether oxygens (including phenoxy) is 1. The first-order chi connectivity index (χ1) is 7.29. The fourth-order valence-electron chi connectivity index (χ4n) is 2.97. The standard InChI is InChI=1S/C12H22N2O2/c1-7(13)10-8-5-9(10)14(6-8)11(15)16-12(2,3)4/h7-10H,5-6,13H2,1-4H3. The minimum atomic E-state index is -0.409. The SMILES string of the molecule is CC(N)C1C2CC1N(C(=O)OC(C)(C)C)C2. The van der Waals surface area contributed by atoms with Gasteiger partial charge in [0.05, 0.1) is 0 Å². The molecule has 0 spiro atoms. The fourth-order valence-corrected chi connectivity index (χ4v) is 2.97. The van der Waals surface area contributed by atoms with Crippen LogP contribution in [-0.4, -0.2) is 35.2 Å². The van der Waals surface area contributed by atoms with Crippen LogP contribution in [0.3, 0.4) is 0 Å². The summed E-state index contributed by atoms with van der Waals surface area (Å²) in [6.07, 6.45) is 0.925. The summed E-state index contributed by atoms with van der Waals surface area (Å²) in [5.74, 6) is 1.07. The molecule has 1 amide bonds. The predicted molar refractivity (Wildman–Crippen MR) is 62.0 cm³/mol. The van der Waals surface area contributed by atoms with Gasteiger partial charge >= 0.3 is 6.09 Å². The number of hydrogen-bond acceptors (Lipinski definition) is 3. The Morgan fingerprint density at radius 1 is 1.50 bits per heavy atom. The number of nitrogens with two attached hydrogens (primary N) is 1. The Bertz CT molecular complexity index is 296. The molecule has 16 heavy (non-hydrogen) atoms. The number of hydrogen-bond donors (Lipinski definition) is 1. The zero-order chi connectivity index (χ0) is 12.1. The molecule has 2 bridgehead atoms. The molecule has 3 rings (SSSR count). The molecule has 92 valence electrons. The topological polar surface area (TPSA) is 55.6 Å². The van der Waals surface area contributed by atoms with Crippen LogP contribution in [0.1, 0.15) is 34.1 Å². The van der Waals surface area contributed by atoms with Crippen LogP contribution in [0.25, 0.3) is 0 Å². The molecule has 4 unspecified atom stereocenters. The van der Waals surface area contributed by atoms with Crippen molar-refractivity contribution in [1.82, 2.24) is 4.90 Å². The van der Waals surface area contributed by atoms with Gasteiger partial charge in [0, 0.05) is 18.6 Å². The summed E-state index contributed by atoms with van der Waals surface area (Å²) in [6, 6.07) is 0.496. The van der Waals surface area contributed by atoms with E-state index in [-0.39, 0.29) is 12.1 Å². The highest BCUT2D eigenvalue weighted by atomic mass is 16.6. The Labute approximate surface area is 97.1 Å². The quantitative estimate of drug-likeness (QED) is 0.738. The summed E-state index contributed by atoms with van der Waals surface area (Å²) in [5.41, 5.74) is 5.52. The Morgan fingerprint density at radius 3 is 2.56 bits per heavy atom. The number of nitrogens with zero attached hydrogens (tertiary/aromatic N) is 1. The van der Waals surface area contributed by atoms with Crippen molar-refractivity contribution >= 4 is 6.09 Å². The van der Waals surface area contributed by atoms with Crippen LogP contribution in [-0.2, 0) is 4.74 Å². The van der Waals surface area contributed by atoms with Crippen molar-refractivity contribution in [3.8, 4) is 0 Å². The van der Waals surface area contributed by atoms with Gasteiger partial charge < -0.3 is 15.4 Å². The van der Waals surface area contributed by atoms with E-state index in [0.29, 0.717) is 17.9 Å². The van der Waals surface area contributed by atoms with E-state index in [9.17, 15) is 4.79 Å². The molecule has 2 N–H and O–H groups in total. The average Bonchev–Trinajstić information content (AvgIpc) is 2.53. The number of rotatable bonds is 1. The zero-order valence-corrected chi connectivity index (χ0v) is 10.6. The third-order valence-electron chi connectivity index (χ3n) is 3.60. The minimum Gasteiger partial charge on any atom is -0.444 e. The molecule has 0 aromatic carbocycles. The molecular weight excluding hydrogens is 204 g/mol. The lowest BCUT2D eigenvalue weighted by Crippen LogP contribution is -2.49. The van der Waals surface area contributed by atoms with Crippen molar-refractivity contribution in [2.75, 3.05) is 6.54 Å². The molecule has 3 fully saturated rings. The van der Waals surface area contributed by atoms with Gasteiger partial charge in [0.15, 0.2) is 0 Å². The van der Waals surface area contributed by atoms with Gasteiger partial charge in [-0.25, -0.2) is 4.79 Å². The molecule has 1 aliphatic carbocycles. The summed E-state index contributed by atoms with van der Waals surface area (Å²) in [4.78, 5) is 13.8. The van der Waals surface area contributed by atoms with Crippen LogP contribution in [0.15, 0.2) is 0 Å². The molecule has 2 saturated heterocycles. The van der Waals surface area contributed by atoms with Gasteiger partial charge in [0.25, 0.3) is 0 Å². The molecular formula is C12H22N2O2. The third-order valence-corrected chi connectivity index (χ3v) is 3.60. The van der Waals surface area contributed by atoms with Crippen molar-refractivity contribution in [2.45, 2.75) is 51.8 Å². The lowest BCUT2D eigenvalue weighted by atomic mass is 9.70. The van der Waals surface area contributed by atoms with Crippen molar-refractivity contribution in [1.29, 1.82) is 0 Å². The third kappa shape index (κ3) is 1.90. The van der Waals surface area contributed by atoms with Crippen LogP contribution >= 0.6 is 0 Å². The van der Waals surface area contributed by atoms with Crippen molar-refractivity contribution in [3.63, 3.8) is 0 Å². The molecule has 0 radical (unpaired) electrons. The average molecular weight is 226 g/mol. The Hall–Kier alpha value is -0.770. The number of amides is 1. The van der Waals surface area contributed by atoms with Crippen LogP contribution in [0, 0.1) is 11.8 Å².